The van der Waals surface area contributed by atoms with E-state index in [2.05, 4.69) is 24.3 Å². The molecule has 0 saturated heterocycles. The van der Waals surface area contributed by atoms with Crippen molar-refractivity contribution in [2.45, 2.75) is 46.1 Å². The summed E-state index contributed by atoms with van der Waals surface area (Å²) in [7, 11) is 0. The Balaban J connectivity index is 2.35. The molecule has 124 valence electrons. The van der Waals surface area contributed by atoms with E-state index in [1.54, 1.807) is 12.1 Å². The van der Waals surface area contributed by atoms with Crippen LogP contribution in [0.5, 0.6) is 5.75 Å². The second kappa shape index (κ2) is 6.24. The molecule has 0 fully saturated rings. The highest BCUT2D eigenvalue weighted by atomic mass is 35.5. The van der Waals surface area contributed by atoms with Crippen LogP contribution in [0.4, 0.5) is 5.69 Å². The Kier molecular flexibility index (Phi) is 4.71. The lowest BCUT2D eigenvalue weighted by molar-refractivity contribution is 0.102. The molecule has 0 aliphatic heterocycles. The molecule has 1 aromatic carbocycles. The summed E-state index contributed by atoms with van der Waals surface area (Å²) < 4.78 is 1.87. The molecule has 1 aromatic heterocycles. The summed E-state index contributed by atoms with van der Waals surface area (Å²) >= 11 is 5.89. The average molecular weight is 336 g/mol. The number of carbonyl (C=O) groups is 1. The van der Waals surface area contributed by atoms with Crippen LogP contribution in [0.15, 0.2) is 24.3 Å². The molecule has 6 heteroatoms. The molecule has 0 unspecified atom stereocenters. The highest BCUT2D eigenvalue weighted by Crippen LogP contribution is 2.28. The van der Waals surface area contributed by atoms with E-state index >= 15 is 0 Å². The Labute approximate surface area is 141 Å². The molecule has 23 heavy (non-hydrogen) atoms. The second-order valence-electron chi connectivity index (χ2n) is 6.81. The molecule has 5 nitrogen and oxygen atoms in total. The Bertz CT molecular complexity index is 730. The van der Waals surface area contributed by atoms with Gasteiger partial charge in [0.05, 0.1) is 11.2 Å². The van der Waals surface area contributed by atoms with Crippen LogP contribution in [0.2, 0.25) is 5.02 Å². The molecule has 1 heterocycles. The van der Waals surface area contributed by atoms with Gasteiger partial charge in [0.15, 0.2) is 5.69 Å². The number of rotatable bonds is 3. The number of hydrogen-bond donors (Lipinski definition) is 2. The van der Waals surface area contributed by atoms with Crippen LogP contribution in [0.3, 0.4) is 0 Å². The first-order chi connectivity index (χ1) is 10.6. The molecular weight excluding hydrogens is 314 g/mol. The minimum Gasteiger partial charge on any atom is -0.506 e. The summed E-state index contributed by atoms with van der Waals surface area (Å²) in [6, 6.07) is 6.27. The number of hydrogen-bond acceptors (Lipinski definition) is 3. The van der Waals surface area contributed by atoms with Gasteiger partial charge >= 0.3 is 0 Å². The number of nitrogens with zero attached hydrogens (tertiary/aromatic N) is 2. The predicted molar refractivity (Wildman–Crippen MR) is 92.4 cm³/mol. The van der Waals surface area contributed by atoms with Crippen molar-refractivity contribution < 1.29 is 9.90 Å². The molecule has 0 atom stereocenters. The molecule has 0 radical (unpaired) electrons. The minimum atomic E-state index is -0.382. The van der Waals surface area contributed by atoms with E-state index in [1.165, 1.54) is 12.1 Å². The second-order valence-corrected chi connectivity index (χ2v) is 7.24. The summed E-state index contributed by atoms with van der Waals surface area (Å²) in [6.07, 6.45) is 0. The Hall–Kier alpha value is -2.01. The zero-order chi connectivity index (χ0) is 17.4. The summed E-state index contributed by atoms with van der Waals surface area (Å²) in [5.74, 6) is -0.183. The molecule has 1 amide bonds. The molecule has 2 aromatic rings. The van der Waals surface area contributed by atoms with Gasteiger partial charge < -0.3 is 10.4 Å². The van der Waals surface area contributed by atoms with Crippen LogP contribution in [0.1, 0.15) is 56.7 Å². The third-order valence-electron chi connectivity index (χ3n) is 3.40. The number of carbonyl (C=O) groups excluding carboxylic acids is 1. The quantitative estimate of drug-likeness (QED) is 0.818. The van der Waals surface area contributed by atoms with E-state index in [0.29, 0.717) is 10.7 Å². The molecule has 0 bridgehead atoms. The third kappa shape index (κ3) is 3.85. The maximum atomic E-state index is 12.5. The first-order valence-electron chi connectivity index (χ1n) is 7.50. The zero-order valence-electron chi connectivity index (χ0n) is 14.0. The number of benzene rings is 1. The topological polar surface area (TPSA) is 67.2 Å². The van der Waals surface area contributed by atoms with Gasteiger partial charge in [-0.1, -0.05) is 25.4 Å². The fourth-order valence-corrected chi connectivity index (χ4v) is 2.42. The molecule has 2 N–H and O–H groups in total. The number of amides is 1. The van der Waals surface area contributed by atoms with E-state index in [4.69, 9.17) is 11.6 Å². The first kappa shape index (κ1) is 17.3. The van der Waals surface area contributed by atoms with Crippen molar-refractivity contribution in [3.8, 4) is 5.75 Å². The highest BCUT2D eigenvalue weighted by Gasteiger charge is 2.24. The SMILES string of the molecule is CC(C)c1cc(C(=O)Nc2cc(Cl)ccc2O)nn1C(C)(C)C. The normalized spacial score (nSPS) is 11.8. The van der Waals surface area contributed by atoms with Gasteiger partial charge in [-0.3, -0.25) is 9.48 Å². The van der Waals surface area contributed by atoms with E-state index in [1.807, 2.05) is 25.5 Å². The van der Waals surface area contributed by atoms with Crippen LogP contribution in [0.25, 0.3) is 0 Å². The molecule has 0 spiro atoms. The summed E-state index contributed by atoms with van der Waals surface area (Å²) in [6.45, 7) is 10.2. The van der Waals surface area contributed by atoms with E-state index in [0.717, 1.165) is 5.69 Å². The van der Waals surface area contributed by atoms with Gasteiger partial charge in [0, 0.05) is 10.7 Å². The van der Waals surface area contributed by atoms with Crippen molar-refractivity contribution in [3.05, 3.63) is 40.7 Å². The number of anilines is 1. The van der Waals surface area contributed by atoms with Crippen molar-refractivity contribution in [3.63, 3.8) is 0 Å². The number of nitrogens with one attached hydrogen (secondary N) is 1. The van der Waals surface area contributed by atoms with Gasteiger partial charge in [-0.25, -0.2) is 0 Å². The van der Waals surface area contributed by atoms with Crippen molar-refractivity contribution in [1.82, 2.24) is 9.78 Å². The lowest BCUT2D eigenvalue weighted by Gasteiger charge is -2.23. The predicted octanol–water partition coefficient (Wildman–Crippen LogP) is 4.37. The van der Waals surface area contributed by atoms with E-state index in [-0.39, 0.29) is 28.8 Å². The van der Waals surface area contributed by atoms with Crippen LogP contribution in [-0.2, 0) is 5.54 Å². The van der Waals surface area contributed by atoms with Gasteiger partial charge in [0.25, 0.3) is 5.91 Å². The van der Waals surface area contributed by atoms with Crippen LogP contribution < -0.4 is 5.32 Å². The monoisotopic (exact) mass is 335 g/mol. The molecule has 0 saturated carbocycles. The summed E-state index contributed by atoms with van der Waals surface area (Å²) in [5.41, 5.74) is 1.33. The van der Waals surface area contributed by atoms with Gasteiger partial charge in [-0.2, -0.15) is 5.10 Å². The number of aromatic hydroxyl groups is 1. The van der Waals surface area contributed by atoms with Gasteiger partial charge in [-0.15, -0.1) is 0 Å². The maximum Gasteiger partial charge on any atom is 0.276 e. The largest absolute Gasteiger partial charge is 0.506 e. The van der Waals surface area contributed by atoms with Crippen molar-refractivity contribution in [2.24, 2.45) is 0 Å². The fraction of sp³-hybridized carbons (Fsp3) is 0.412. The molecule has 0 aliphatic carbocycles. The van der Waals surface area contributed by atoms with Crippen molar-refractivity contribution in [1.29, 1.82) is 0 Å². The smallest absolute Gasteiger partial charge is 0.276 e. The fourth-order valence-electron chi connectivity index (χ4n) is 2.25. The van der Waals surface area contributed by atoms with Crippen molar-refractivity contribution >= 4 is 23.2 Å². The minimum absolute atomic E-state index is 0.0397. The highest BCUT2D eigenvalue weighted by molar-refractivity contribution is 6.31. The maximum absolute atomic E-state index is 12.5. The number of halogens is 1. The van der Waals surface area contributed by atoms with Crippen molar-refractivity contribution in [2.75, 3.05) is 5.32 Å². The lowest BCUT2D eigenvalue weighted by atomic mass is 10.1. The number of phenols is 1. The Morgan fingerprint density at radius 3 is 2.48 bits per heavy atom. The Morgan fingerprint density at radius 2 is 1.96 bits per heavy atom. The van der Waals surface area contributed by atoms with Gasteiger partial charge in [0.1, 0.15) is 5.75 Å². The third-order valence-corrected chi connectivity index (χ3v) is 3.64. The number of phenolic OH excluding ortho intramolecular Hbond substituents is 1. The Morgan fingerprint density at radius 1 is 1.30 bits per heavy atom. The summed E-state index contributed by atoms with van der Waals surface area (Å²) in [5, 5.41) is 17.3. The molecule has 0 aliphatic rings. The van der Waals surface area contributed by atoms with Crippen LogP contribution in [-0.4, -0.2) is 20.8 Å². The summed E-state index contributed by atoms with van der Waals surface area (Å²) in [4.78, 5) is 12.5. The zero-order valence-corrected chi connectivity index (χ0v) is 14.8. The molecular formula is C17H22ClN3O2. The number of aromatic nitrogens is 2. The standard InChI is InChI=1S/C17H22ClN3O2/c1-10(2)14-9-13(20-21(14)17(3,4)5)16(23)19-12-8-11(18)6-7-15(12)22/h6-10,22H,1-5H3,(H,19,23). The molecule has 2 rings (SSSR count). The van der Waals surface area contributed by atoms with Gasteiger partial charge in [0.2, 0.25) is 0 Å². The average Bonchev–Trinajstić information content (AvgIpc) is 2.88. The first-order valence-corrected chi connectivity index (χ1v) is 7.87. The van der Waals surface area contributed by atoms with Crippen LogP contribution in [0, 0.1) is 0 Å². The van der Waals surface area contributed by atoms with E-state index in [9.17, 15) is 9.90 Å². The van der Waals surface area contributed by atoms with Gasteiger partial charge in [-0.05, 0) is 51.0 Å². The van der Waals surface area contributed by atoms with E-state index < -0.39 is 0 Å². The van der Waals surface area contributed by atoms with Crippen LogP contribution >= 0.6 is 11.6 Å². The lowest BCUT2D eigenvalue weighted by Crippen LogP contribution is -2.26.